The van der Waals surface area contributed by atoms with Gasteiger partial charge in [0.2, 0.25) is 0 Å². The molecule has 0 unspecified atom stereocenters. The van der Waals surface area contributed by atoms with Gasteiger partial charge >= 0.3 is 0 Å². The number of benzene rings is 1. The van der Waals surface area contributed by atoms with E-state index in [0.717, 1.165) is 18.6 Å². The third-order valence-corrected chi connectivity index (χ3v) is 4.19. The van der Waals surface area contributed by atoms with Crippen molar-refractivity contribution in [2.45, 2.75) is 39.0 Å². The Labute approximate surface area is 132 Å². The molecule has 112 valence electrons. The van der Waals surface area contributed by atoms with Crippen LogP contribution >= 0.6 is 12.2 Å². The Morgan fingerprint density at radius 2 is 1.90 bits per heavy atom. The Morgan fingerprint density at radius 3 is 2.52 bits per heavy atom. The Kier molecular flexibility index (Phi) is 5.51. The number of hydrogen-bond donors (Lipinski definition) is 2. The zero-order valence-corrected chi connectivity index (χ0v) is 13.3. The number of nitrogens with zero attached hydrogens (tertiary/aromatic N) is 1. The first kappa shape index (κ1) is 15.7. The van der Waals surface area contributed by atoms with Gasteiger partial charge in [-0.05, 0) is 36.7 Å². The Bertz CT molecular complexity index is 528. The SMILES string of the molecule is CC1(C(C=Cc2ccccc2)=NNC(N)=S)CCCCC1. The lowest BCUT2D eigenvalue weighted by Gasteiger charge is -2.33. The first-order chi connectivity index (χ1) is 10.1. The van der Waals surface area contributed by atoms with Crippen LogP contribution in [0, 0.1) is 5.41 Å². The van der Waals surface area contributed by atoms with Crippen LogP contribution < -0.4 is 11.2 Å². The summed E-state index contributed by atoms with van der Waals surface area (Å²) in [5, 5.41) is 4.66. The molecule has 3 N–H and O–H groups in total. The molecule has 1 aliphatic rings. The molecular formula is C17H23N3S. The Morgan fingerprint density at radius 1 is 1.24 bits per heavy atom. The van der Waals surface area contributed by atoms with Crippen molar-refractivity contribution in [3.05, 3.63) is 42.0 Å². The van der Waals surface area contributed by atoms with Crippen LogP contribution in [-0.4, -0.2) is 10.8 Å². The van der Waals surface area contributed by atoms with Crippen molar-refractivity contribution < 1.29 is 0 Å². The second-order valence-electron chi connectivity index (χ2n) is 5.84. The molecule has 0 spiro atoms. The van der Waals surface area contributed by atoms with Crippen LogP contribution in [0.1, 0.15) is 44.6 Å². The fourth-order valence-electron chi connectivity index (χ4n) is 2.82. The molecule has 0 heterocycles. The monoisotopic (exact) mass is 301 g/mol. The topological polar surface area (TPSA) is 50.4 Å². The Hall–Kier alpha value is -1.68. The lowest BCUT2D eigenvalue weighted by Crippen LogP contribution is -2.33. The summed E-state index contributed by atoms with van der Waals surface area (Å²) in [7, 11) is 0. The second-order valence-corrected chi connectivity index (χ2v) is 6.28. The summed E-state index contributed by atoms with van der Waals surface area (Å²) in [6.07, 6.45) is 10.3. The number of hydrazone groups is 1. The number of rotatable bonds is 4. The molecule has 0 aromatic heterocycles. The molecule has 2 rings (SSSR count). The molecule has 4 heteroatoms. The van der Waals surface area contributed by atoms with Crippen LogP contribution in [0.25, 0.3) is 6.08 Å². The van der Waals surface area contributed by atoms with Gasteiger partial charge in [-0.15, -0.1) is 0 Å². The maximum Gasteiger partial charge on any atom is 0.184 e. The summed E-state index contributed by atoms with van der Waals surface area (Å²) < 4.78 is 0. The molecule has 0 amide bonds. The van der Waals surface area contributed by atoms with Crippen LogP contribution in [0.15, 0.2) is 41.5 Å². The third-order valence-electron chi connectivity index (χ3n) is 4.10. The molecule has 0 saturated heterocycles. The van der Waals surface area contributed by atoms with E-state index in [-0.39, 0.29) is 10.5 Å². The molecule has 0 aliphatic heterocycles. The molecule has 0 atom stereocenters. The lowest BCUT2D eigenvalue weighted by atomic mass is 9.72. The zero-order chi connectivity index (χ0) is 15.1. The zero-order valence-electron chi connectivity index (χ0n) is 12.5. The van der Waals surface area contributed by atoms with E-state index in [1.165, 1.54) is 24.8 Å². The van der Waals surface area contributed by atoms with Crippen molar-refractivity contribution in [1.29, 1.82) is 0 Å². The molecule has 1 aliphatic carbocycles. The van der Waals surface area contributed by atoms with E-state index < -0.39 is 0 Å². The average molecular weight is 301 g/mol. The summed E-state index contributed by atoms with van der Waals surface area (Å²) in [5.41, 5.74) is 10.6. The van der Waals surface area contributed by atoms with Gasteiger partial charge in [-0.25, -0.2) is 0 Å². The van der Waals surface area contributed by atoms with Crippen LogP contribution in [0.2, 0.25) is 0 Å². The highest BCUT2D eigenvalue weighted by Crippen LogP contribution is 2.37. The number of nitrogens with two attached hydrogens (primary N) is 1. The molecular weight excluding hydrogens is 278 g/mol. The van der Waals surface area contributed by atoms with E-state index >= 15 is 0 Å². The lowest BCUT2D eigenvalue weighted by molar-refractivity contribution is 0.312. The summed E-state index contributed by atoms with van der Waals surface area (Å²) >= 11 is 4.86. The van der Waals surface area contributed by atoms with Gasteiger partial charge in [0.05, 0.1) is 5.71 Å². The smallest absolute Gasteiger partial charge is 0.184 e. The summed E-state index contributed by atoms with van der Waals surface area (Å²) in [4.78, 5) is 0. The normalized spacial score (nSPS) is 18.6. The standard InChI is InChI=1S/C17H23N3S/c1-17(12-6-3-7-13-17)15(19-20-16(18)21)11-10-14-8-4-2-5-9-14/h2,4-5,8-11H,3,6-7,12-13H2,1H3,(H3,18,20,21). The number of nitrogens with one attached hydrogen (secondary N) is 1. The van der Waals surface area contributed by atoms with Gasteiger partial charge in [0.25, 0.3) is 0 Å². The fraction of sp³-hybridized carbons (Fsp3) is 0.412. The van der Waals surface area contributed by atoms with E-state index in [1.54, 1.807) is 0 Å². The van der Waals surface area contributed by atoms with E-state index in [4.69, 9.17) is 18.0 Å². The molecule has 0 radical (unpaired) electrons. The number of allylic oxidation sites excluding steroid dienone is 1. The first-order valence-electron chi connectivity index (χ1n) is 7.47. The van der Waals surface area contributed by atoms with Crippen molar-refractivity contribution in [2.24, 2.45) is 16.3 Å². The van der Waals surface area contributed by atoms with Gasteiger partial charge in [0.15, 0.2) is 5.11 Å². The number of hydrogen-bond acceptors (Lipinski definition) is 2. The van der Waals surface area contributed by atoms with Gasteiger partial charge in [0.1, 0.15) is 0 Å². The summed E-state index contributed by atoms with van der Waals surface area (Å²) in [6, 6.07) is 10.2. The van der Waals surface area contributed by atoms with E-state index in [9.17, 15) is 0 Å². The second kappa shape index (κ2) is 7.36. The predicted octanol–water partition coefficient (Wildman–Crippen LogP) is 3.86. The average Bonchev–Trinajstić information content (AvgIpc) is 2.48. The minimum atomic E-state index is 0.0985. The van der Waals surface area contributed by atoms with Crippen molar-refractivity contribution in [1.82, 2.24) is 5.43 Å². The molecule has 1 fully saturated rings. The maximum absolute atomic E-state index is 5.51. The van der Waals surface area contributed by atoms with Gasteiger partial charge < -0.3 is 5.73 Å². The van der Waals surface area contributed by atoms with Crippen LogP contribution in [0.4, 0.5) is 0 Å². The molecule has 1 aromatic rings. The largest absolute Gasteiger partial charge is 0.375 e. The molecule has 3 nitrogen and oxygen atoms in total. The van der Waals surface area contributed by atoms with Crippen LogP contribution in [0.5, 0.6) is 0 Å². The van der Waals surface area contributed by atoms with Gasteiger partial charge in [-0.3, -0.25) is 5.43 Å². The van der Waals surface area contributed by atoms with Gasteiger partial charge in [-0.1, -0.05) is 62.6 Å². The number of thiocarbonyl (C=S) groups is 1. The first-order valence-corrected chi connectivity index (χ1v) is 7.88. The fourth-order valence-corrected chi connectivity index (χ4v) is 2.86. The molecule has 21 heavy (non-hydrogen) atoms. The maximum atomic E-state index is 5.51. The van der Waals surface area contributed by atoms with Crippen molar-refractivity contribution in [3.63, 3.8) is 0 Å². The van der Waals surface area contributed by atoms with Crippen LogP contribution in [0.3, 0.4) is 0 Å². The molecule has 0 bridgehead atoms. The predicted molar refractivity (Wildman–Crippen MR) is 94.0 cm³/mol. The minimum absolute atomic E-state index is 0.0985. The van der Waals surface area contributed by atoms with Crippen molar-refractivity contribution in [3.8, 4) is 0 Å². The Balaban J connectivity index is 2.21. The third kappa shape index (κ3) is 4.67. The van der Waals surface area contributed by atoms with Gasteiger partial charge in [-0.2, -0.15) is 5.10 Å². The van der Waals surface area contributed by atoms with E-state index in [0.29, 0.717) is 0 Å². The minimum Gasteiger partial charge on any atom is -0.375 e. The van der Waals surface area contributed by atoms with Crippen LogP contribution in [-0.2, 0) is 0 Å². The molecule has 1 aromatic carbocycles. The van der Waals surface area contributed by atoms with Crippen molar-refractivity contribution >= 4 is 29.1 Å². The van der Waals surface area contributed by atoms with E-state index in [1.807, 2.05) is 18.2 Å². The highest BCUT2D eigenvalue weighted by molar-refractivity contribution is 7.80. The van der Waals surface area contributed by atoms with Gasteiger partial charge in [0, 0.05) is 5.41 Å². The summed E-state index contributed by atoms with van der Waals surface area (Å²) in [6.45, 7) is 2.28. The highest BCUT2D eigenvalue weighted by Gasteiger charge is 2.31. The quantitative estimate of drug-likeness (QED) is 0.504. The highest BCUT2D eigenvalue weighted by atomic mass is 32.1. The summed E-state index contributed by atoms with van der Waals surface area (Å²) in [5.74, 6) is 0. The van der Waals surface area contributed by atoms with Crippen molar-refractivity contribution in [2.75, 3.05) is 0 Å². The van der Waals surface area contributed by atoms with E-state index in [2.05, 4.69) is 41.7 Å². The molecule has 1 saturated carbocycles.